The Morgan fingerprint density at radius 3 is 2.76 bits per heavy atom. The van der Waals surface area contributed by atoms with E-state index in [1.54, 1.807) is 12.4 Å². The molecular weight excluding hydrogens is 235 g/mol. The molecule has 0 saturated heterocycles. The Labute approximate surface area is 97.6 Å². The molecule has 0 spiro atoms. The summed E-state index contributed by atoms with van der Waals surface area (Å²) >= 11 is 0. The lowest BCUT2D eigenvalue weighted by Crippen LogP contribution is -2.27. The molecule has 7 heteroatoms. The minimum Gasteiger partial charge on any atom is -0.372 e. The average molecular weight is 251 g/mol. The molecule has 2 N–H and O–H groups in total. The molecule has 1 atom stereocenters. The number of hydrogen-bond acceptors (Lipinski definition) is 3. The average Bonchev–Trinajstić information content (AvgIpc) is 2.58. The lowest BCUT2D eigenvalue weighted by molar-refractivity contribution is -0.174. The quantitative estimate of drug-likeness (QED) is 0.774. The van der Waals surface area contributed by atoms with Crippen molar-refractivity contribution < 1.29 is 17.9 Å². The minimum absolute atomic E-state index is 0.00506. The van der Waals surface area contributed by atoms with Gasteiger partial charge in [0.15, 0.2) is 0 Å². The first-order chi connectivity index (χ1) is 7.88. The van der Waals surface area contributed by atoms with Crippen LogP contribution in [0.15, 0.2) is 12.4 Å². The fourth-order valence-electron chi connectivity index (χ4n) is 1.35. The smallest absolute Gasteiger partial charge is 0.372 e. The molecule has 98 valence electrons. The number of aromatic nitrogens is 2. The molecule has 0 bridgehead atoms. The second kappa shape index (κ2) is 6.02. The van der Waals surface area contributed by atoms with Crippen molar-refractivity contribution >= 4 is 0 Å². The Morgan fingerprint density at radius 2 is 2.24 bits per heavy atom. The van der Waals surface area contributed by atoms with E-state index in [9.17, 15) is 13.2 Å². The molecule has 0 fully saturated rings. The fourth-order valence-corrected chi connectivity index (χ4v) is 1.35. The number of imidazole rings is 1. The van der Waals surface area contributed by atoms with E-state index < -0.39 is 12.8 Å². The molecule has 0 aliphatic rings. The SMILES string of the molecule is Cn1ccnc1CC(N)CCOCC(F)(F)F. The van der Waals surface area contributed by atoms with Crippen molar-refractivity contribution in [1.82, 2.24) is 9.55 Å². The molecule has 4 nitrogen and oxygen atoms in total. The van der Waals surface area contributed by atoms with E-state index in [4.69, 9.17) is 5.73 Å². The summed E-state index contributed by atoms with van der Waals surface area (Å²) < 4.78 is 41.6. The van der Waals surface area contributed by atoms with Crippen molar-refractivity contribution in [2.24, 2.45) is 12.8 Å². The van der Waals surface area contributed by atoms with Crippen molar-refractivity contribution in [3.05, 3.63) is 18.2 Å². The molecule has 17 heavy (non-hydrogen) atoms. The summed E-state index contributed by atoms with van der Waals surface area (Å²) in [4.78, 5) is 4.09. The number of ether oxygens (including phenoxy) is 1. The molecule has 0 saturated carbocycles. The van der Waals surface area contributed by atoms with E-state index in [0.717, 1.165) is 5.82 Å². The fraction of sp³-hybridized carbons (Fsp3) is 0.700. The van der Waals surface area contributed by atoms with Gasteiger partial charge in [-0.25, -0.2) is 4.98 Å². The van der Waals surface area contributed by atoms with Gasteiger partial charge in [0.25, 0.3) is 0 Å². The van der Waals surface area contributed by atoms with Crippen molar-refractivity contribution in [1.29, 1.82) is 0 Å². The van der Waals surface area contributed by atoms with Gasteiger partial charge in [-0.2, -0.15) is 13.2 Å². The lowest BCUT2D eigenvalue weighted by Gasteiger charge is -2.12. The van der Waals surface area contributed by atoms with Crippen LogP contribution in [-0.4, -0.2) is 35.0 Å². The highest BCUT2D eigenvalue weighted by molar-refractivity contribution is 4.93. The van der Waals surface area contributed by atoms with Gasteiger partial charge in [-0.15, -0.1) is 0 Å². The van der Waals surface area contributed by atoms with Crippen LogP contribution in [0.25, 0.3) is 0 Å². The number of nitrogens with zero attached hydrogens (tertiary/aromatic N) is 2. The van der Waals surface area contributed by atoms with Crippen LogP contribution in [0.5, 0.6) is 0 Å². The monoisotopic (exact) mass is 251 g/mol. The first-order valence-corrected chi connectivity index (χ1v) is 5.25. The largest absolute Gasteiger partial charge is 0.411 e. The summed E-state index contributed by atoms with van der Waals surface area (Å²) in [6, 6.07) is -0.246. The Bertz CT molecular complexity index is 338. The molecule has 0 aromatic carbocycles. The minimum atomic E-state index is -4.27. The summed E-state index contributed by atoms with van der Waals surface area (Å²) in [6.07, 6.45) is 0.0794. The van der Waals surface area contributed by atoms with Crippen LogP contribution in [0.1, 0.15) is 12.2 Å². The summed E-state index contributed by atoms with van der Waals surface area (Å²) in [5.74, 6) is 0.813. The van der Waals surface area contributed by atoms with Crippen LogP contribution >= 0.6 is 0 Å². The van der Waals surface area contributed by atoms with Crippen molar-refractivity contribution in [2.75, 3.05) is 13.2 Å². The van der Waals surface area contributed by atoms with E-state index in [-0.39, 0.29) is 12.6 Å². The number of aryl methyl sites for hydroxylation is 1. The molecule has 1 heterocycles. The summed E-state index contributed by atoms with van der Waals surface area (Å²) in [6.45, 7) is -1.22. The molecule has 1 unspecified atom stereocenters. The highest BCUT2D eigenvalue weighted by Crippen LogP contribution is 2.14. The van der Waals surface area contributed by atoms with Gasteiger partial charge >= 0.3 is 6.18 Å². The molecule has 1 aromatic heterocycles. The Morgan fingerprint density at radius 1 is 1.53 bits per heavy atom. The predicted octanol–water partition coefficient (Wildman–Crippen LogP) is 1.26. The zero-order valence-electron chi connectivity index (χ0n) is 9.57. The first-order valence-electron chi connectivity index (χ1n) is 5.25. The summed E-state index contributed by atoms with van der Waals surface area (Å²) in [5.41, 5.74) is 5.77. The molecular formula is C10H16F3N3O. The van der Waals surface area contributed by atoms with Gasteiger partial charge in [0, 0.05) is 38.5 Å². The van der Waals surface area contributed by atoms with E-state index in [1.807, 2.05) is 11.6 Å². The van der Waals surface area contributed by atoms with E-state index >= 15 is 0 Å². The zero-order chi connectivity index (χ0) is 12.9. The van der Waals surface area contributed by atoms with E-state index in [0.29, 0.717) is 12.8 Å². The van der Waals surface area contributed by atoms with Crippen molar-refractivity contribution in [3.8, 4) is 0 Å². The van der Waals surface area contributed by atoms with Crippen LogP contribution in [0, 0.1) is 0 Å². The van der Waals surface area contributed by atoms with E-state index in [2.05, 4.69) is 9.72 Å². The van der Waals surface area contributed by atoms with E-state index in [1.165, 1.54) is 0 Å². The number of hydrogen-bond donors (Lipinski definition) is 1. The third kappa shape index (κ3) is 5.69. The Kier molecular flexibility index (Phi) is 4.95. The second-order valence-electron chi connectivity index (χ2n) is 3.88. The summed E-state index contributed by atoms with van der Waals surface area (Å²) in [7, 11) is 1.84. The van der Waals surface area contributed by atoms with Crippen LogP contribution in [0.4, 0.5) is 13.2 Å². The number of nitrogens with two attached hydrogens (primary N) is 1. The predicted molar refractivity (Wildman–Crippen MR) is 56.4 cm³/mol. The topological polar surface area (TPSA) is 53.1 Å². The summed E-state index contributed by atoms with van der Waals surface area (Å²) in [5, 5.41) is 0. The highest BCUT2D eigenvalue weighted by atomic mass is 19.4. The highest BCUT2D eigenvalue weighted by Gasteiger charge is 2.27. The van der Waals surface area contributed by atoms with Crippen molar-refractivity contribution in [2.45, 2.75) is 25.1 Å². The van der Waals surface area contributed by atoms with Gasteiger partial charge in [-0.3, -0.25) is 0 Å². The number of rotatable bonds is 6. The maximum Gasteiger partial charge on any atom is 0.411 e. The van der Waals surface area contributed by atoms with Gasteiger partial charge in [-0.05, 0) is 6.42 Å². The van der Waals surface area contributed by atoms with Crippen LogP contribution < -0.4 is 5.73 Å². The first kappa shape index (κ1) is 14.0. The van der Waals surface area contributed by atoms with Gasteiger partial charge < -0.3 is 15.0 Å². The molecule has 1 rings (SSSR count). The third-order valence-corrected chi connectivity index (χ3v) is 2.26. The third-order valence-electron chi connectivity index (χ3n) is 2.26. The zero-order valence-corrected chi connectivity index (χ0v) is 9.57. The standard InChI is InChI=1S/C10H16F3N3O/c1-16-4-3-15-9(16)6-8(14)2-5-17-7-10(11,12)13/h3-4,8H,2,5-7,14H2,1H3. The van der Waals surface area contributed by atoms with Gasteiger partial charge in [0.05, 0.1) is 0 Å². The molecule has 0 radical (unpaired) electrons. The van der Waals surface area contributed by atoms with Gasteiger partial charge in [0.2, 0.25) is 0 Å². The Balaban J connectivity index is 2.18. The normalized spacial score (nSPS) is 13.9. The maximum atomic E-state index is 11.8. The van der Waals surface area contributed by atoms with Crippen LogP contribution in [0.3, 0.4) is 0 Å². The van der Waals surface area contributed by atoms with Crippen LogP contribution in [-0.2, 0) is 18.2 Å². The van der Waals surface area contributed by atoms with Gasteiger partial charge in [0.1, 0.15) is 12.4 Å². The number of alkyl halides is 3. The number of halogens is 3. The van der Waals surface area contributed by atoms with Crippen LogP contribution in [0.2, 0.25) is 0 Å². The molecule has 1 aromatic rings. The molecule has 0 aliphatic carbocycles. The Hall–Kier alpha value is -1.08. The van der Waals surface area contributed by atoms with Gasteiger partial charge in [-0.1, -0.05) is 0 Å². The molecule has 0 amide bonds. The maximum absolute atomic E-state index is 11.8. The molecule has 0 aliphatic heterocycles. The second-order valence-corrected chi connectivity index (χ2v) is 3.88. The van der Waals surface area contributed by atoms with Crippen molar-refractivity contribution in [3.63, 3.8) is 0 Å². The lowest BCUT2D eigenvalue weighted by atomic mass is 10.1.